The number of para-hydroxylation sites is 1. The molecule has 2 heterocycles. The van der Waals surface area contributed by atoms with Crippen LogP contribution in [0.4, 0.5) is 0 Å². The van der Waals surface area contributed by atoms with Gasteiger partial charge in [0, 0.05) is 22.4 Å². The van der Waals surface area contributed by atoms with Crippen molar-refractivity contribution < 1.29 is 4.42 Å². The van der Waals surface area contributed by atoms with Gasteiger partial charge < -0.3 is 4.42 Å². The molecule has 3 nitrogen and oxygen atoms in total. The highest BCUT2D eigenvalue weighted by atomic mass is 16.3. The van der Waals surface area contributed by atoms with E-state index in [1.165, 1.54) is 72.3 Å². The second kappa shape index (κ2) is 12.1. The van der Waals surface area contributed by atoms with E-state index >= 15 is 0 Å². The van der Waals surface area contributed by atoms with Gasteiger partial charge in [-0.15, -0.1) is 0 Å². The lowest BCUT2D eigenvalue weighted by atomic mass is 9.89. The van der Waals surface area contributed by atoms with Crippen molar-refractivity contribution in [3.63, 3.8) is 0 Å². The number of hydrogen-bond donors (Lipinski definition) is 0. The fourth-order valence-electron chi connectivity index (χ4n) is 9.09. The Balaban J connectivity index is 0.947. The Bertz CT molecular complexity index is 3160. The lowest BCUT2D eigenvalue weighted by Gasteiger charge is -2.15. The molecule has 0 fully saturated rings. The number of rotatable bonds is 5. The minimum absolute atomic E-state index is 0.134. The molecule has 1 unspecified atom stereocenters. The van der Waals surface area contributed by atoms with Gasteiger partial charge in [-0.3, -0.25) is 0 Å². The molecular formula is C53H32N2O. The summed E-state index contributed by atoms with van der Waals surface area (Å²) < 4.78 is 6.53. The molecule has 2 aliphatic rings. The van der Waals surface area contributed by atoms with E-state index in [1.54, 1.807) is 0 Å². The fourth-order valence-corrected chi connectivity index (χ4v) is 9.09. The highest BCUT2D eigenvalue weighted by Crippen LogP contribution is 2.58. The average Bonchev–Trinajstić information content (AvgIpc) is 3.94. The minimum atomic E-state index is 0.134. The SMILES string of the molecule is c1ccc(-c2ccc(-c3ccc(-c4ccc5c(c4)C4c6cc(-c7nc(-c8ccccc8)nc8c7oc7ccccc78)ccc6-c6cccc-5c64)cc3)cc2)cc1. The molecule has 0 saturated heterocycles. The molecule has 3 heteroatoms. The van der Waals surface area contributed by atoms with Crippen molar-refractivity contribution in [3.8, 4) is 78.3 Å². The predicted octanol–water partition coefficient (Wildman–Crippen LogP) is 13.9. The van der Waals surface area contributed by atoms with Gasteiger partial charge in [0.25, 0.3) is 0 Å². The van der Waals surface area contributed by atoms with Crippen LogP contribution >= 0.6 is 0 Å². The monoisotopic (exact) mass is 712 g/mol. The van der Waals surface area contributed by atoms with Crippen LogP contribution in [0.15, 0.2) is 192 Å². The van der Waals surface area contributed by atoms with Crippen molar-refractivity contribution in [2.24, 2.45) is 0 Å². The number of nitrogens with zero attached hydrogens (tertiary/aromatic N) is 2. The molecular weight excluding hydrogens is 681 g/mol. The summed E-state index contributed by atoms with van der Waals surface area (Å²) in [6, 6.07) is 67.4. The van der Waals surface area contributed by atoms with E-state index in [-0.39, 0.29) is 5.92 Å². The van der Waals surface area contributed by atoms with Gasteiger partial charge in [-0.2, -0.15) is 0 Å². The summed E-state index contributed by atoms with van der Waals surface area (Å²) in [6.07, 6.45) is 0. The third-order valence-electron chi connectivity index (χ3n) is 11.8. The Morgan fingerprint density at radius 1 is 0.375 bits per heavy atom. The van der Waals surface area contributed by atoms with Crippen LogP contribution in [-0.4, -0.2) is 9.97 Å². The summed E-state index contributed by atoms with van der Waals surface area (Å²) in [5, 5.41) is 0.993. The van der Waals surface area contributed by atoms with E-state index in [9.17, 15) is 0 Å². The van der Waals surface area contributed by atoms with E-state index in [0.29, 0.717) is 11.4 Å². The molecule has 0 amide bonds. The molecule has 0 aliphatic heterocycles. The molecule has 56 heavy (non-hydrogen) atoms. The van der Waals surface area contributed by atoms with Gasteiger partial charge in [0.15, 0.2) is 11.4 Å². The van der Waals surface area contributed by atoms with Gasteiger partial charge in [0.2, 0.25) is 0 Å². The normalized spacial score (nSPS) is 13.5. The van der Waals surface area contributed by atoms with Crippen molar-refractivity contribution in [2.45, 2.75) is 5.92 Å². The molecule has 2 aromatic heterocycles. The highest BCUT2D eigenvalue weighted by molar-refractivity contribution is 6.07. The molecule has 2 aliphatic carbocycles. The number of aromatic nitrogens is 2. The Hall–Kier alpha value is -7.36. The second-order valence-electron chi connectivity index (χ2n) is 14.9. The van der Waals surface area contributed by atoms with Crippen molar-refractivity contribution in [1.82, 2.24) is 9.97 Å². The zero-order valence-corrected chi connectivity index (χ0v) is 30.3. The molecule has 0 N–H and O–H groups in total. The van der Waals surface area contributed by atoms with Gasteiger partial charge in [-0.05, 0) is 96.6 Å². The number of hydrogen-bond acceptors (Lipinski definition) is 3. The third kappa shape index (κ3) is 4.71. The topological polar surface area (TPSA) is 38.9 Å². The highest BCUT2D eigenvalue weighted by Gasteiger charge is 2.39. The van der Waals surface area contributed by atoms with Gasteiger partial charge >= 0.3 is 0 Å². The molecule has 12 rings (SSSR count). The summed E-state index contributed by atoms with van der Waals surface area (Å²) in [7, 11) is 0. The first kappa shape index (κ1) is 31.0. The molecule has 10 aromatic rings. The Morgan fingerprint density at radius 2 is 0.875 bits per heavy atom. The van der Waals surface area contributed by atoms with Crippen LogP contribution in [0, 0.1) is 0 Å². The Labute approximate surface area is 324 Å². The van der Waals surface area contributed by atoms with Crippen molar-refractivity contribution in [1.29, 1.82) is 0 Å². The van der Waals surface area contributed by atoms with Crippen LogP contribution in [0.3, 0.4) is 0 Å². The largest absolute Gasteiger partial charge is 0.452 e. The number of furan rings is 1. The Morgan fingerprint density at radius 3 is 1.52 bits per heavy atom. The first-order chi connectivity index (χ1) is 27.7. The molecule has 0 spiro atoms. The first-order valence-electron chi connectivity index (χ1n) is 19.2. The van der Waals surface area contributed by atoms with Crippen LogP contribution in [0.2, 0.25) is 0 Å². The zero-order valence-electron chi connectivity index (χ0n) is 30.3. The van der Waals surface area contributed by atoms with Crippen molar-refractivity contribution in [2.75, 3.05) is 0 Å². The summed E-state index contributed by atoms with van der Waals surface area (Å²) in [6.45, 7) is 0. The fraction of sp³-hybridized carbons (Fsp3) is 0.0189. The molecule has 260 valence electrons. The minimum Gasteiger partial charge on any atom is -0.452 e. The number of benzene rings is 8. The van der Waals surface area contributed by atoms with E-state index in [1.807, 2.05) is 36.4 Å². The lowest BCUT2D eigenvalue weighted by molar-refractivity contribution is 0.667. The van der Waals surface area contributed by atoms with E-state index in [0.717, 1.165) is 33.3 Å². The summed E-state index contributed by atoms with van der Waals surface area (Å²) >= 11 is 0. The molecule has 0 radical (unpaired) electrons. The van der Waals surface area contributed by atoms with Crippen molar-refractivity contribution in [3.05, 3.63) is 205 Å². The summed E-state index contributed by atoms with van der Waals surface area (Å²) in [4.78, 5) is 10.3. The smallest absolute Gasteiger partial charge is 0.180 e. The maximum Gasteiger partial charge on any atom is 0.180 e. The van der Waals surface area contributed by atoms with E-state index < -0.39 is 0 Å². The number of fused-ring (bicyclic) bond motifs is 9. The van der Waals surface area contributed by atoms with Gasteiger partial charge in [-0.1, -0.05) is 164 Å². The Kier molecular flexibility index (Phi) is 6.69. The zero-order chi connectivity index (χ0) is 36.7. The predicted molar refractivity (Wildman–Crippen MR) is 228 cm³/mol. The maximum absolute atomic E-state index is 6.53. The lowest BCUT2D eigenvalue weighted by Crippen LogP contribution is -1.98. The molecule has 8 aromatic carbocycles. The van der Waals surface area contributed by atoms with Gasteiger partial charge in [0.05, 0.1) is 0 Å². The van der Waals surface area contributed by atoms with E-state index in [2.05, 4.69) is 152 Å². The molecule has 1 atom stereocenters. The van der Waals surface area contributed by atoms with Crippen LogP contribution in [0.1, 0.15) is 22.6 Å². The van der Waals surface area contributed by atoms with E-state index in [4.69, 9.17) is 14.4 Å². The molecule has 0 bridgehead atoms. The quantitative estimate of drug-likeness (QED) is 0.178. The van der Waals surface area contributed by atoms with Crippen LogP contribution in [0.5, 0.6) is 0 Å². The first-order valence-corrected chi connectivity index (χ1v) is 19.2. The van der Waals surface area contributed by atoms with Gasteiger partial charge in [0.1, 0.15) is 16.8 Å². The van der Waals surface area contributed by atoms with Crippen molar-refractivity contribution >= 4 is 22.1 Å². The molecule has 0 saturated carbocycles. The second-order valence-corrected chi connectivity index (χ2v) is 14.9. The average molecular weight is 713 g/mol. The third-order valence-corrected chi connectivity index (χ3v) is 11.8. The summed E-state index contributed by atoms with van der Waals surface area (Å²) in [5.74, 6) is 0.826. The maximum atomic E-state index is 6.53. The van der Waals surface area contributed by atoms with Gasteiger partial charge in [-0.25, -0.2) is 9.97 Å². The summed E-state index contributed by atoms with van der Waals surface area (Å²) in [5.41, 5.74) is 21.8. The van der Waals surface area contributed by atoms with Crippen LogP contribution in [-0.2, 0) is 0 Å². The van der Waals surface area contributed by atoms with Crippen LogP contribution < -0.4 is 0 Å². The standard InChI is InChI=1S/C53H32N2O/c1-3-10-32(11-4-1)33-18-20-34(21-19-33)35-22-24-36(25-23-35)38-26-28-40-42-15-9-16-43-41-29-27-39(31-46(41)49(48(42)43)45(40)30-38)50-52-51(44-14-7-8-17-47(44)56-52)55-53(54-50)37-12-5-2-6-13-37/h1-31,49H. The van der Waals surface area contributed by atoms with Crippen LogP contribution in [0.25, 0.3) is 100 Å².